The Morgan fingerprint density at radius 1 is 1.00 bits per heavy atom. The maximum absolute atomic E-state index is 5.76. The number of hydrogen-bond acceptors (Lipinski definition) is 2. The minimum atomic E-state index is 0.446. The van der Waals surface area contributed by atoms with Gasteiger partial charge in [-0.25, -0.2) is 0 Å². The van der Waals surface area contributed by atoms with Crippen LogP contribution in [0.15, 0.2) is 54.6 Å². The normalized spacial score (nSPS) is 12.1. The molecule has 106 valence electrons. The predicted molar refractivity (Wildman–Crippen MR) is 84.3 cm³/mol. The van der Waals surface area contributed by atoms with E-state index in [1.54, 1.807) is 0 Å². The molecule has 2 rings (SSSR count). The molecular formula is C18H23NO. The third-order valence-corrected chi connectivity index (χ3v) is 3.49. The van der Waals surface area contributed by atoms with Crippen LogP contribution in [-0.4, -0.2) is 19.7 Å². The van der Waals surface area contributed by atoms with Gasteiger partial charge in [0, 0.05) is 6.04 Å². The molecule has 0 aliphatic rings. The lowest BCUT2D eigenvalue weighted by Crippen LogP contribution is -2.29. The molecule has 2 nitrogen and oxygen atoms in total. The van der Waals surface area contributed by atoms with Gasteiger partial charge in [-0.15, -0.1) is 0 Å². The average Bonchev–Trinajstić information content (AvgIpc) is 2.49. The Morgan fingerprint density at radius 2 is 1.70 bits per heavy atom. The van der Waals surface area contributed by atoms with Crippen LogP contribution in [0.1, 0.15) is 17.5 Å². The lowest BCUT2D eigenvalue weighted by molar-refractivity contribution is 0.288. The highest BCUT2D eigenvalue weighted by molar-refractivity contribution is 5.22. The largest absolute Gasteiger partial charge is 0.494 e. The first-order chi connectivity index (χ1) is 9.78. The van der Waals surface area contributed by atoms with E-state index in [2.05, 4.69) is 36.5 Å². The Kier molecular flexibility index (Phi) is 5.63. The van der Waals surface area contributed by atoms with Crippen LogP contribution in [0.4, 0.5) is 0 Å². The maximum Gasteiger partial charge on any atom is 0.119 e. The Morgan fingerprint density at radius 3 is 2.35 bits per heavy atom. The quantitative estimate of drug-likeness (QED) is 0.829. The molecule has 0 aliphatic carbocycles. The summed E-state index contributed by atoms with van der Waals surface area (Å²) in [5.41, 5.74) is 2.68. The number of hydrogen-bond donors (Lipinski definition) is 1. The third-order valence-electron chi connectivity index (χ3n) is 3.49. The zero-order chi connectivity index (χ0) is 14.2. The number of benzene rings is 2. The summed E-state index contributed by atoms with van der Waals surface area (Å²) in [4.78, 5) is 0. The first-order valence-electron chi connectivity index (χ1n) is 7.18. The summed E-state index contributed by atoms with van der Waals surface area (Å²) in [5, 5.41) is 3.37. The number of rotatable bonds is 7. The van der Waals surface area contributed by atoms with Crippen LogP contribution in [0, 0.1) is 6.92 Å². The van der Waals surface area contributed by atoms with E-state index in [1.165, 1.54) is 11.1 Å². The Hall–Kier alpha value is -1.80. The van der Waals surface area contributed by atoms with Crippen molar-refractivity contribution in [3.05, 3.63) is 65.7 Å². The Bertz CT molecular complexity index is 493. The van der Waals surface area contributed by atoms with Crippen molar-refractivity contribution in [1.29, 1.82) is 0 Å². The van der Waals surface area contributed by atoms with E-state index in [0.717, 1.165) is 25.2 Å². The molecule has 1 atom stereocenters. The van der Waals surface area contributed by atoms with Crippen molar-refractivity contribution in [3.63, 3.8) is 0 Å². The van der Waals surface area contributed by atoms with Crippen molar-refractivity contribution in [2.75, 3.05) is 13.7 Å². The van der Waals surface area contributed by atoms with Crippen molar-refractivity contribution in [2.24, 2.45) is 0 Å². The van der Waals surface area contributed by atoms with Gasteiger partial charge in [0.15, 0.2) is 0 Å². The molecule has 0 fully saturated rings. The van der Waals surface area contributed by atoms with Crippen LogP contribution < -0.4 is 10.1 Å². The van der Waals surface area contributed by atoms with Gasteiger partial charge < -0.3 is 10.1 Å². The number of likely N-dealkylation sites (N-methyl/N-ethyl adjacent to an activating group) is 1. The Balaban J connectivity index is 1.79. The summed E-state index contributed by atoms with van der Waals surface area (Å²) in [6.07, 6.45) is 2.04. The highest BCUT2D eigenvalue weighted by Crippen LogP contribution is 2.11. The van der Waals surface area contributed by atoms with Gasteiger partial charge in [-0.2, -0.15) is 0 Å². The molecule has 0 bridgehead atoms. The van der Waals surface area contributed by atoms with Crippen LogP contribution >= 0.6 is 0 Å². The Labute approximate surface area is 121 Å². The first-order valence-corrected chi connectivity index (χ1v) is 7.18. The summed E-state index contributed by atoms with van der Waals surface area (Å²) in [5.74, 6) is 0.942. The van der Waals surface area contributed by atoms with E-state index in [4.69, 9.17) is 4.74 Å². The van der Waals surface area contributed by atoms with Gasteiger partial charge in [0.2, 0.25) is 0 Å². The summed E-state index contributed by atoms with van der Waals surface area (Å²) in [7, 11) is 2.02. The van der Waals surface area contributed by atoms with Gasteiger partial charge in [0.25, 0.3) is 0 Å². The lowest BCUT2D eigenvalue weighted by atomic mass is 10.0. The van der Waals surface area contributed by atoms with Crippen LogP contribution in [0.5, 0.6) is 5.75 Å². The molecule has 0 spiro atoms. The summed E-state index contributed by atoms with van der Waals surface area (Å²) in [6.45, 7) is 2.86. The predicted octanol–water partition coefficient (Wildman–Crippen LogP) is 3.59. The highest BCUT2D eigenvalue weighted by Gasteiger charge is 2.07. The average molecular weight is 269 g/mol. The van der Waals surface area contributed by atoms with E-state index >= 15 is 0 Å². The van der Waals surface area contributed by atoms with Crippen LogP contribution in [0.2, 0.25) is 0 Å². The van der Waals surface area contributed by atoms with Crippen LogP contribution in [-0.2, 0) is 6.42 Å². The summed E-state index contributed by atoms with van der Waals surface area (Å²) in [6, 6.07) is 19.2. The molecule has 20 heavy (non-hydrogen) atoms. The second-order valence-corrected chi connectivity index (χ2v) is 5.13. The van der Waals surface area contributed by atoms with E-state index in [9.17, 15) is 0 Å². The lowest BCUT2D eigenvalue weighted by Gasteiger charge is -2.16. The molecule has 0 aliphatic heterocycles. The molecular weight excluding hydrogens is 246 g/mol. The van der Waals surface area contributed by atoms with Crippen molar-refractivity contribution in [3.8, 4) is 5.75 Å². The minimum Gasteiger partial charge on any atom is -0.494 e. The fourth-order valence-electron chi connectivity index (χ4n) is 2.19. The van der Waals surface area contributed by atoms with Crippen LogP contribution in [0.3, 0.4) is 0 Å². The van der Waals surface area contributed by atoms with Gasteiger partial charge in [0.05, 0.1) is 6.61 Å². The topological polar surface area (TPSA) is 21.3 Å². The molecule has 0 aromatic heterocycles. The van der Waals surface area contributed by atoms with Gasteiger partial charge >= 0.3 is 0 Å². The monoisotopic (exact) mass is 269 g/mol. The summed E-state index contributed by atoms with van der Waals surface area (Å²) < 4.78 is 5.76. The fraction of sp³-hybridized carbons (Fsp3) is 0.333. The second kappa shape index (κ2) is 7.71. The van der Waals surface area contributed by atoms with Gasteiger partial charge in [-0.3, -0.25) is 0 Å². The smallest absolute Gasteiger partial charge is 0.119 e. The van der Waals surface area contributed by atoms with Gasteiger partial charge in [0.1, 0.15) is 5.75 Å². The van der Waals surface area contributed by atoms with E-state index < -0.39 is 0 Å². The fourth-order valence-corrected chi connectivity index (χ4v) is 2.19. The molecule has 2 aromatic carbocycles. The van der Waals surface area contributed by atoms with E-state index in [0.29, 0.717) is 6.04 Å². The van der Waals surface area contributed by atoms with Crippen molar-refractivity contribution in [2.45, 2.75) is 25.8 Å². The molecule has 1 N–H and O–H groups in total. The number of aryl methyl sites for hydroxylation is 1. The first kappa shape index (κ1) is 14.6. The van der Waals surface area contributed by atoms with Crippen molar-refractivity contribution < 1.29 is 4.74 Å². The van der Waals surface area contributed by atoms with Gasteiger partial charge in [-0.1, -0.05) is 48.0 Å². The molecule has 0 amide bonds. The van der Waals surface area contributed by atoms with Crippen molar-refractivity contribution in [1.82, 2.24) is 5.32 Å². The van der Waals surface area contributed by atoms with Crippen molar-refractivity contribution >= 4 is 0 Å². The molecule has 2 heteroatoms. The van der Waals surface area contributed by atoms with Gasteiger partial charge in [-0.05, 0) is 44.5 Å². The standard InChI is InChI=1S/C18H23NO/c1-15-8-10-16(11-9-15)14-17(19-2)12-13-20-18-6-4-3-5-7-18/h3-11,17,19H,12-14H2,1-2H3. The molecule has 0 heterocycles. The number of para-hydroxylation sites is 1. The molecule has 0 saturated heterocycles. The maximum atomic E-state index is 5.76. The van der Waals surface area contributed by atoms with E-state index in [1.807, 2.05) is 37.4 Å². The minimum absolute atomic E-state index is 0.446. The number of ether oxygens (including phenoxy) is 1. The molecule has 2 aromatic rings. The zero-order valence-corrected chi connectivity index (χ0v) is 12.3. The summed E-state index contributed by atoms with van der Waals surface area (Å²) >= 11 is 0. The third kappa shape index (κ3) is 4.71. The van der Waals surface area contributed by atoms with Crippen LogP contribution in [0.25, 0.3) is 0 Å². The molecule has 0 saturated carbocycles. The van der Waals surface area contributed by atoms with E-state index in [-0.39, 0.29) is 0 Å². The SMILES string of the molecule is CNC(CCOc1ccccc1)Cc1ccc(C)cc1. The molecule has 1 unspecified atom stereocenters. The number of nitrogens with one attached hydrogen (secondary N) is 1. The zero-order valence-electron chi connectivity index (χ0n) is 12.3. The second-order valence-electron chi connectivity index (χ2n) is 5.13. The highest BCUT2D eigenvalue weighted by atomic mass is 16.5. The molecule has 0 radical (unpaired) electrons.